The number of nitrogens with zero attached hydrogens (tertiary/aromatic N) is 4. The summed E-state index contributed by atoms with van der Waals surface area (Å²) in [5.74, 6) is 0. The SMILES string of the molecule is S=C1N[C@@H](c2ccccn2)[C@@H](c2cccn2-c2ccc3ccccc3c2)N1c1ccc(N2CCOCC2)cc1. The Kier molecular flexibility index (Phi) is 6.23. The van der Waals surface area contributed by atoms with Crippen molar-refractivity contribution in [2.75, 3.05) is 36.1 Å². The summed E-state index contributed by atoms with van der Waals surface area (Å²) in [6.07, 6.45) is 3.98. The van der Waals surface area contributed by atoms with Crippen molar-refractivity contribution in [2.24, 2.45) is 0 Å². The van der Waals surface area contributed by atoms with Gasteiger partial charge in [0.05, 0.1) is 24.9 Å². The van der Waals surface area contributed by atoms with Gasteiger partial charge in [-0.1, -0.05) is 36.4 Å². The van der Waals surface area contributed by atoms with E-state index in [-0.39, 0.29) is 12.1 Å². The normalized spacial score (nSPS) is 19.4. The van der Waals surface area contributed by atoms with Crippen LogP contribution in [0.25, 0.3) is 16.5 Å². The smallest absolute Gasteiger partial charge is 0.174 e. The summed E-state index contributed by atoms with van der Waals surface area (Å²) in [6.45, 7) is 3.35. The van der Waals surface area contributed by atoms with E-state index < -0.39 is 0 Å². The highest BCUT2D eigenvalue weighted by Gasteiger charge is 2.42. The van der Waals surface area contributed by atoms with Crippen LogP contribution in [0.5, 0.6) is 0 Å². The van der Waals surface area contributed by atoms with Crippen LogP contribution in [0.15, 0.2) is 109 Å². The van der Waals surface area contributed by atoms with Crippen molar-refractivity contribution in [3.63, 3.8) is 0 Å². The number of morpholine rings is 1. The van der Waals surface area contributed by atoms with Crippen LogP contribution in [0, 0.1) is 0 Å². The quantitative estimate of drug-likeness (QED) is 0.279. The molecule has 2 aliphatic rings. The van der Waals surface area contributed by atoms with Crippen molar-refractivity contribution in [2.45, 2.75) is 12.1 Å². The van der Waals surface area contributed by atoms with Gasteiger partial charge in [0, 0.05) is 48.2 Å². The fraction of sp³-hybridized carbons (Fsp3) is 0.188. The molecule has 2 aromatic heterocycles. The van der Waals surface area contributed by atoms with Gasteiger partial charge in [-0.3, -0.25) is 4.98 Å². The number of anilines is 2. The molecule has 194 valence electrons. The number of ether oxygens (including phenoxy) is 1. The number of aromatic nitrogens is 2. The van der Waals surface area contributed by atoms with Crippen molar-refractivity contribution in [3.05, 3.63) is 121 Å². The van der Waals surface area contributed by atoms with E-state index in [9.17, 15) is 0 Å². The average Bonchev–Trinajstić information content (AvgIpc) is 3.62. The molecule has 2 saturated heterocycles. The molecule has 39 heavy (non-hydrogen) atoms. The number of hydrogen-bond donors (Lipinski definition) is 1. The van der Waals surface area contributed by atoms with E-state index in [4.69, 9.17) is 21.9 Å². The zero-order valence-electron chi connectivity index (χ0n) is 21.5. The van der Waals surface area contributed by atoms with Gasteiger partial charge in [-0.15, -0.1) is 0 Å². The van der Waals surface area contributed by atoms with Crippen molar-refractivity contribution in [1.82, 2.24) is 14.9 Å². The zero-order chi connectivity index (χ0) is 26.2. The highest BCUT2D eigenvalue weighted by atomic mass is 32.1. The highest BCUT2D eigenvalue weighted by Crippen LogP contribution is 2.42. The Labute approximate surface area is 233 Å². The summed E-state index contributed by atoms with van der Waals surface area (Å²) in [6, 6.07) is 34.0. The first kappa shape index (κ1) is 23.9. The number of pyridine rings is 1. The third-order valence-electron chi connectivity index (χ3n) is 7.70. The summed E-state index contributed by atoms with van der Waals surface area (Å²) in [7, 11) is 0. The molecule has 2 atom stereocenters. The number of nitrogens with one attached hydrogen (secondary N) is 1. The van der Waals surface area contributed by atoms with Gasteiger partial charge in [0.2, 0.25) is 0 Å². The number of thiocarbonyl (C=S) groups is 1. The predicted octanol–water partition coefficient (Wildman–Crippen LogP) is 6.04. The van der Waals surface area contributed by atoms with E-state index in [2.05, 4.69) is 111 Å². The largest absolute Gasteiger partial charge is 0.378 e. The van der Waals surface area contributed by atoms with Gasteiger partial charge in [0.15, 0.2) is 5.11 Å². The maximum absolute atomic E-state index is 5.98. The van der Waals surface area contributed by atoms with Crippen LogP contribution in [0.4, 0.5) is 11.4 Å². The molecule has 0 amide bonds. The van der Waals surface area contributed by atoms with Gasteiger partial charge in [-0.05, 0) is 83.7 Å². The Morgan fingerprint density at radius 1 is 0.769 bits per heavy atom. The van der Waals surface area contributed by atoms with E-state index in [0.29, 0.717) is 5.11 Å². The standard InChI is InChI=1S/C32H29N5OS/c39-32-34-30(28-8-3-4-16-33-28)31(37(32)26-14-12-25(13-15-26)35-18-20-38-21-19-35)29-9-5-17-36(29)27-11-10-23-6-1-2-7-24(23)22-27/h1-17,22,30-31H,18-21H2,(H,34,39)/t30-,31+/m0/s1. The number of fused-ring (bicyclic) bond motifs is 1. The minimum Gasteiger partial charge on any atom is -0.378 e. The second kappa shape index (κ2) is 10.2. The zero-order valence-corrected chi connectivity index (χ0v) is 22.3. The molecule has 2 aliphatic heterocycles. The molecule has 1 N–H and O–H groups in total. The third kappa shape index (κ3) is 4.43. The lowest BCUT2D eigenvalue weighted by molar-refractivity contribution is 0.122. The van der Waals surface area contributed by atoms with Crippen LogP contribution < -0.4 is 15.1 Å². The van der Waals surface area contributed by atoms with E-state index in [0.717, 1.165) is 49.1 Å². The molecule has 0 aliphatic carbocycles. The minimum atomic E-state index is -0.105. The lowest BCUT2D eigenvalue weighted by Crippen LogP contribution is -2.36. The molecule has 0 unspecified atom stereocenters. The summed E-state index contributed by atoms with van der Waals surface area (Å²) >= 11 is 5.98. The van der Waals surface area contributed by atoms with Crippen molar-refractivity contribution in [1.29, 1.82) is 0 Å². The molecule has 3 aromatic carbocycles. The fourth-order valence-corrected chi connectivity index (χ4v) is 6.12. The van der Waals surface area contributed by atoms with Gasteiger partial charge >= 0.3 is 0 Å². The Balaban J connectivity index is 1.31. The molecule has 7 heteroatoms. The minimum absolute atomic E-state index is 0.0943. The Morgan fingerprint density at radius 2 is 1.51 bits per heavy atom. The summed E-state index contributed by atoms with van der Waals surface area (Å²) in [4.78, 5) is 9.33. The maximum atomic E-state index is 5.98. The number of rotatable bonds is 5. The molecule has 5 aromatic rings. The van der Waals surface area contributed by atoms with Crippen LogP contribution >= 0.6 is 12.2 Å². The molecule has 7 rings (SSSR count). The molecule has 0 saturated carbocycles. The first-order valence-corrected chi connectivity index (χ1v) is 13.8. The lowest BCUT2D eigenvalue weighted by atomic mass is 10.0. The first-order valence-electron chi connectivity index (χ1n) is 13.4. The molecule has 0 bridgehead atoms. The average molecular weight is 532 g/mol. The number of hydrogen-bond acceptors (Lipinski definition) is 4. The Bertz CT molecular complexity index is 1610. The van der Waals surface area contributed by atoms with E-state index in [1.54, 1.807) is 0 Å². The van der Waals surface area contributed by atoms with Crippen molar-refractivity contribution >= 4 is 39.5 Å². The second-order valence-corrected chi connectivity index (χ2v) is 10.3. The topological polar surface area (TPSA) is 45.6 Å². The van der Waals surface area contributed by atoms with Gasteiger partial charge in [-0.25, -0.2) is 0 Å². The summed E-state index contributed by atoms with van der Waals surface area (Å²) in [5, 5.41) is 6.74. The fourth-order valence-electron chi connectivity index (χ4n) is 5.78. The van der Waals surface area contributed by atoms with Gasteiger partial charge in [0.25, 0.3) is 0 Å². The third-order valence-corrected chi connectivity index (χ3v) is 8.01. The highest BCUT2D eigenvalue weighted by molar-refractivity contribution is 7.80. The van der Waals surface area contributed by atoms with E-state index in [1.807, 2.05) is 18.3 Å². The molecule has 2 fully saturated rings. The Morgan fingerprint density at radius 3 is 2.31 bits per heavy atom. The molecular formula is C32H29N5OS. The predicted molar refractivity (Wildman–Crippen MR) is 161 cm³/mol. The molecule has 6 nitrogen and oxygen atoms in total. The molecular weight excluding hydrogens is 502 g/mol. The maximum Gasteiger partial charge on any atom is 0.174 e. The monoisotopic (exact) mass is 531 g/mol. The van der Waals surface area contributed by atoms with Crippen molar-refractivity contribution in [3.8, 4) is 5.69 Å². The molecule has 0 radical (unpaired) electrons. The van der Waals surface area contributed by atoms with Crippen LogP contribution in [0.2, 0.25) is 0 Å². The second-order valence-electron chi connectivity index (χ2n) is 9.95. The van der Waals surface area contributed by atoms with Crippen LogP contribution in [0.1, 0.15) is 23.5 Å². The van der Waals surface area contributed by atoms with Crippen molar-refractivity contribution < 1.29 is 4.74 Å². The van der Waals surface area contributed by atoms with E-state index >= 15 is 0 Å². The van der Waals surface area contributed by atoms with E-state index in [1.165, 1.54) is 16.5 Å². The molecule has 0 spiro atoms. The van der Waals surface area contributed by atoms with Gasteiger partial charge < -0.3 is 24.4 Å². The first-order chi connectivity index (χ1) is 19.3. The molecule has 4 heterocycles. The van der Waals surface area contributed by atoms with Crippen LogP contribution in [-0.2, 0) is 4.74 Å². The Hall–Kier alpha value is -4.20. The van der Waals surface area contributed by atoms with Gasteiger partial charge in [0.1, 0.15) is 6.04 Å². The summed E-state index contributed by atoms with van der Waals surface area (Å²) < 4.78 is 7.81. The number of benzene rings is 3. The summed E-state index contributed by atoms with van der Waals surface area (Å²) in [5.41, 5.74) is 5.49. The van der Waals surface area contributed by atoms with Crippen LogP contribution in [-0.4, -0.2) is 41.0 Å². The van der Waals surface area contributed by atoms with Gasteiger partial charge in [-0.2, -0.15) is 0 Å². The lowest BCUT2D eigenvalue weighted by Gasteiger charge is -2.31. The van der Waals surface area contributed by atoms with Crippen LogP contribution in [0.3, 0.4) is 0 Å².